The number of esters is 2. The van der Waals surface area contributed by atoms with Crippen molar-refractivity contribution in [2.45, 2.75) is 84.0 Å². The van der Waals surface area contributed by atoms with Crippen molar-refractivity contribution in [3.05, 3.63) is 35.5 Å². The zero-order valence-electron chi connectivity index (χ0n) is 22.5. The predicted molar refractivity (Wildman–Crippen MR) is 135 cm³/mol. The van der Waals surface area contributed by atoms with Gasteiger partial charge in [-0.1, -0.05) is 20.1 Å². The molecule has 5 aliphatic rings. The molecular formula is C30H36O8. The lowest BCUT2D eigenvalue weighted by molar-refractivity contribution is -0.143. The molecule has 0 radical (unpaired) electrons. The lowest BCUT2D eigenvalue weighted by Crippen LogP contribution is -2.46. The average molecular weight is 525 g/mol. The van der Waals surface area contributed by atoms with Gasteiger partial charge in [-0.05, 0) is 63.5 Å². The normalized spacial score (nSPS) is 41.6. The zero-order valence-corrected chi connectivity index (χ0v) is 22.5. The molecule has 0 amide bonds. The molecule has 1 N–H and O–H groups in total. The molecule has 3 fully saturated rings. The molecule has 0 aromatic heterocycles. The lowest BCUT2D eigenvalue weighted by atomic mass is 9.61. The van der Waals surface area contributed by atoms with Crippen molar-refractivity contribution in [2.24, 2.45) is 35.0 Å². The quantitative estimate of drug-likeness (QED) is 0.306. The number of carbonyl (C=O) groups excluding carboxylic acids is 5. The Balaban J connectivity index is 1.53. The second kappa shape index (κ2) is 8.83. The Kier molecular flexibility index (Phi) is 6.21. The van der Waals surface area contributed by atoms with Gasteiger partial charge in [0.25, 0.3) is 0 Å². The van der Waals surface area contributed by atoms with Gasteiger partial charge in [-0.2, -0.15) is 0 Å². The molecular weight excluding hydrogens is 488 g/mol. The minimum atomic E-state index is -1.20. The van der Waals surface area contributed by atoms with E-state index in [1.165, 1.54) is 13.8 Å². The highest BCUT2D eigenvalue weighted by Crippen LogP contribution is 2.69. The monoisotopic (exact) mass is 524 g/mol. The summed E-state index contributed by atoms with van der Waals surface area (Å²) in [6.07, 6.45) is 0.544. The van der Waals surface area contributed by atoms with Crippen molar-refractivity contribution < 1.29 is 38.6 Å². The average Bonchev–Trinajstić information content (AvgIpc) is 3.45. The molecule has 2 bridgehead atoms. The number of ether oxygens (including phenoxy) is 2. The fourth-order valence-electron chi connectivity index (χ4n) is 8.31. The van der Waals surface area contributed by atoms with E-state index in [1.807, 2.05) is 6.92 Å². The minimum absolute atomic E-state index is 0.0263. The number of Topliss-reactive ketones (excluding diaryl/α,β-unsaturated/α-hetero) is 3. The van der Waals surface area contributed by atoms with Crippen molar-refractivity contribution in [1.29, 1.82) is 0 Å². The highest BCUT2D eigenvalue weighted by molar-refractivity contribution is 5.95. The van der Waals surface area contributed by atoms with Crippen LogP contribution in [0.15, 0.2) is 35.5 Å². The first-order valence-corrected chi connectivity index (χ1v) is 13.5. The Hall–Kier alpha value is -2.87. The molecule has 204 valence electrons. The SMILES string of the molecule is C=C1C(=O)O[C@@H]2C3=C([C@H]4C[C@]3(C)[C@@H](C(=O)C[C@H]3OC(=O)C(=C)[C@@H]3CCC(C)=O)[C@@H]4C(C)=O)[C@@](C)(O)CC[C@@H]12. The molecule has 0 aromatic rings. The smallest absolute Gasteiger partial charge is 0.334 e. The van der Waals surface area contributed by atoms with E-state index in [1.54, 1.807) is 6.92 Å². The van der Waals surface area contributed by atoms with Gasteiger partial charge in [0.1, 0.15) is 29.6 Å². The summed E-state index contributed by atoms with van der Waals surface area (Å²) < 4.78 is 11.3. The third-order valence-electron chi connectivity index (χ3n) is 9.96. The minimum Gasteiger partial charge on any atom is -0.458 e. The van der Waals surface area contributed by atoms with Crippen molar-refractivity contribution >= 4 is 29.3 Å². The van der Waals surface area contributed by atoms with Crippen LogP contribution in [0.1, 0.15) is 66.2 Å². The number of hydrogen-bond acceptors (Lipinski definition) is 8. The molecule has 0 unspecified atom stereocenters. The first-order valence-electron chi connectivity index (χ1n) is 13.5. The Morgan fingerprint density at radius 3 is 2.29 bits per heavy atom. The molecule has 8 nitrogen and oxygen atoms in total. The molecule has 1 saturated carbocycles. The maximum atomic E-state index is 14.1. The molecule has 2 aliphatic heterocycles. The van der Waals surface area contributed by atoms with E-state index in [4.69, 9.17) is 9.47 Å². The van der Waals surface area contributed by atoms with E-state index in [-0.39, 0.29) is 47.6 Å². The van der Waals surface area contributed by atoms with Crippen LogP contribution in [0.25, 0.3) is 0 Å². The molecule has 5 rings (SSSR count). The molecule has 2 saturated heterocycles. The Morgan fingerprint density at radius 2 is 1.66 bits per heavy atom. The van der Waals surface area contributed by atoms with E-state index in [9.17, 15) is 29.1 Å². The molecule has 0 spiro atoms. The van der Waals surface area contributed by atoms with Gasteiger partial charge >= 0.3 is 11.9 Å². The maximum Gasteiger partial charge on any atom is 0.334 e. The number of hydrogen-bond donors (Lipinski definition) is 1. The van der Waals surface area contributed by atoms with Crippen LogP contribution < -0.4 is 0 Å². The first kappa shape index (κ1) is 26.7. The van der Waals surface area contributed by atoms with Gasteiger partial charge in [-0.3, -0.25) is 9.59 Å². The number of fused-ring (bicyclic) bond motifs is 6. The summed E-state index contributed by atoms with van der Waals surface area (Å²) in [5, 5.41) is 11.6. The number of cyclic esters (lactones) is 1. The second-order valence-electron chi connectivity index (χ2n) is 12.4. The third-order valence-corrected chi connectivity index (χ3v) is 9.96. The molecule has 3 aliphatic carbocycles. The van der Waals surface area contributed by atoms with Crippen LogP contribution in [-0.4, -0.2) is 52.2 Å². The summed E-state index contributed by atoms with van der Waals surface area (Å²) in [4.78, 5) is 63.6. The molecule has 2 heterocycles. The first-order chi connectivity index (χ1) is 17.7. The fraction of sp³-hybridized carbons (Fsp3) is 0.633. The second-order valence-corrected chi connectivity index (χ2v) is 12.4. The van der Waals surface area contributed by atoms with E-state index in [2.05, 4.69) is 13.2 Å². The Bertz CT molecular complexity index is 1220. The molecule has 9 atom stereocenters. The standard InChI is InChI=1S/C30H36O8/c1-13(31)7-8-17-14(2)27(34)37-21(17)11-20(33)24-22(16(4)32)19-12-29(24,5)25-23(19)30(6,36)10-9-18-15(3)28(35)38-26(18)25/h17-19,21-22,24,26,36H,2-3,7-12H2,1,4-6H3/t17-,18-,19-,21+,22+,24-,26-,29+,30-/m0/s1. The van der Waals surface area contributed by atoms with Gasteiger partial charge in [0.2, 0.25) is 0 Å². The molecule has 0 aromatic carbocycles. The predicted octanol–water partition coefficient (Wildman–Crippen LogP) is 3.21. The summed E-state index contributed by atoms with van der Waals surface area (Å²) in [7, 11) is 0. The largest absolute Gasteiger partial charge is 0.458 e. The van der Waals surface area contributed by atoms with Crippen LogP contribution in [0.2, 0.25) is 0 Å². The van der Waals surface area contributed by atoms with E-state index < -0.39 is 52.9 Å². The van der Waals surface area contributed by atoms with Gasteiger partial charge < -0.3 is 19.4 Å². The van der Waals surface area contributed by atoms with Gasteiger partial charge in [-0.15, -0.1) is 0 Å². The van der Waals surface area contributed by atoms with E-state index >= 15 is 0 Å². The van der Waals surface area contributed by atoms with Crippen LogP contribution in [0.5, 0.6) is 0 Å². The summed E-state index contributed by atoms with van der Waals surface area (Å²) in [6, 6.07) is 0. The Morgan fingerprint density at radius 1 is 1.00 bits per heavy atom. The number of carbonyl (C=O) groups is 5. The van der Waals surface area contributed by atoms with Gasteiger partial charge in [-0.25, -0.2) is 9.59 Å². The summed E-state index contributed by atoms with van der Waals surface area (Å²) in [6.45, 7) is 14.4. The maximum absolute atomic E-state index is 14.1. The number of ketones is 3. The van der Waals surface area contributed by atoms with Crippen molar-refractivity contribution in [3.63, 3.8) is 0 Å². The number of aliphatic hydroxyl groups is 1. The molecule has 38 heavy (non-hydrogen) atoms. The lowest BCUT2D eigenvalue weighted by Gasteiger charge is -2.42. The highest BCUT2D eigenvalue weighted by atomic mass is 16.6. The molecule has 8 heteroatoms. The Labute approximate surface area is 222 Å². The van der Waals surface area contributed by atoms with E-state index in [0.717, 1.165) is 11.1 Å². The van der Waals surface area contributed by atoms with Crippen LogP contribution in [0.3, 0.4) is 0 Å². The van der Waals surface area contributed by atoms with Crippen LogP contribution in [-0.2, 0) is 33.4 Å². The van der Waals surface area contributed by atoms with Crippen LogP contribution in [0, 0.1) is 35.0 Å². The van der Waals surface area contributed by atoms with Gasteiger partial charge in [0.15, 0.2) is 0 Å². The highest BCUT2D eigenvalue weighted by Gasteiger charge is 2.68. The van der Waals surface area contributed by atoms with Gasteiger partial charge in [0, 0.05) is 53.1 Å². The number of rotatable bonds is 7. The van der Waals surface area contributed by atoms with Crippen molar-refractivity contribution in [1.82, 2.24) is 0 Å². The van der Waals surface area contributed by atoms with Crippen molar-refractivity contribution in [3.8, 4) is 0 Å². The van der Waals surface area contributed by atoms with E-state index in [0.29, 0.717) is 31.3 Å². The fourth-order valence-corrected chi connectivity index (χ4v) is 8.31. The topological polar surface area (TPSA) is 124 Å². The third kappa shape index (κ3) is 3.78. The van der Waals surface area contributed by atoms with Crippen LogP contribution in [0.4, 0.5) is 0 Å². The van der Waals surface area contributed by atoms with Crippen molar-refractivity contribution in [2.75, 3.05) is 0 Å². The summed E-state index contributed by atoms with van der Waals surface area (Å²) >= 11 is 0. The summed E-state index contributed by atoms with van der Waals surface area (Å²) in [5.74, 6) is -3.83. The van der Waals surface area contributed by atoms with Gasteiger partial charge in [0.05, 0.1) is 5.60 Å². The van der Waals surface area contributed by atoms with Crippen LogP contribution >= 0.6 is 0 Å². The summed E-state index contributed by atoms with van der Waals surface area (Å²) in [5.41, 5.74) is 0.118. The zero-order chi connectivity index (χ0) is 27.9.